The summed E-state index contributed by atoms with van der Waals surface area (Å²) in [7, 11) is 5.27. The number of aromatic nitrogens is 3. The smallest absolute Gasteiger partial charge is 0.192 e. The van der Waals surface area contributed by atoms with Crippen LogP contribution in [0.15, 0.2) is 53.5 Å². The summed E-state index contributed by atoms with van der Waals surface area (Å²) in [5, 5.41) is 15.0. The zero-order chi connectivity index (χ0) is 21.3. The first kappa shape index (κ1) is 24.4. The van der Waals surface area contributed by atoms with Crippen LogP contribution in [0.5, 0.6) is 11.5 Å². The second-order valence-electron chi connectivity index (χ2n) is 6.79. The van der Waals surface area contributed by atoms with Gasteiger partial charge in [-0.15, -0.1) is 34.2 Å². The topological polar surface area (TPSA) is 85.6 Å². The van der Waals surface area contributed by atoms with Crippen molar-refractivity contribution in [3.8, 4) is 11.5 Å². The van der Waals surface area contributed by atoms with E-state index in [9.17, 15) is 0 Å². The van der Waals surface area contributed by atoms with Gasteiger partial charge in [0.1, 0.15) is 17.3 Å². The van der Waals surface area contributed by atoms with Crippen molar-refractivity contribution >= 4 is 29.9 Å². The molecule has 0 spiro atoms. The van der Waals surface area contributed by atoms with Crippen LogP contribution in [-0.4, -0.2) is 34.9 Å². The fourth-order valence-corrected chi connectivity index (χ4v) is 2.81. The normalized spacial score (nSPS) is 10.9. The molecule has 0 bridgehead atoms. The quantitative estimate of drug-likeness (QED) is 0.262. The molecule has 0 atom stereocenters. The van der Waals surface area contributed by atoms with E-state index in [2.05, 4.69) is 20.8 Å². The van der Waals surface area contributed by atoms with Crippen molar-refractivity contribution in [3.05, 3.63) is 71.3 Å². The summed E-state index contributed by atoms with van der Waals surface area (Å²) >= 11 is 0. The molecule has 0 saturated heterocycles. The lowest BCUT2D eigenvalue weighted by Gasteiger charge is -2.13. The number of guanidine groups is 1. The maximum atomic E-state index is 5.30. The first-order valence-corrected chi connectivity index (χ1v) is 9.72. The molecule has 31 heavy (non-hydrogen) atoms. The molecular weight excluding hydrogens is 507 g/mol. The third kappa shape index (κ3) is 7.12. The Hall–Kier alpha value is -2.82. The van der Waals surface area contributed by atoms with E-state index in [-0.39, 0.29) is 24.0 Å². The molecule has 166 valence electrons. The van der Waals surface area contributed by atoms with Gasteiger partial charge in [0.15, 0.2) is 11.8 Å². The van der Waals surface area contributed by atoms with Crippen molar-refractivity contribution < 1.29 is 9.47 Å². The highest BCUT2D eigenvalue weighted by Crippen LogP contribution is 2.13. The minimum atomic E-state index is 0. The van der Waals surface area contributed by atoms with E-state index in [1.807, 2.05) is 67.1 Å². The van der Waals surface area contributed by atoms with Crippen LogP contribution < -0.4 is 20.1 Å². The van der Waals surface area contributed by atoms with Crippen molar-refractivity contribution in [2.45, 2.75) is 26.6 Å². The predicted molar refractivity (Wildman–Crippen MR) is 132 cm³/mol. The summed E-state index contributed by atoms with van der Waals surface area (Å²) in [4.78, 5) is 4.73. The zero-order valence-electron chi connectivity index (χ0n) is 18.3. The number of nitrogens with zero attached hydrogens (tertiary/aromatic N) is 4. The summed E-state index contributed by atoms with van der Waals surface area (Å²) in [6, 6.07) is 15.8. The largest absolute Gasteiger partial charge is 0.497 e. The Bertz CT molecular complexity index is 988. The average Bonchev–Trinajstić information content (AvgIpc) is 3.11. The Labute approximate surface area is 200 Å². The molecule has 8 nitrogen and oxygen atoms in total. The highest BCUT2D eigenvalue weighted by atomic mass is 127. The second-order valence-corrected chi connectivity index (χ2v) is 6.79. The molecule has 9 heteroatoms. The number of hydrogen-bond acceptors (Lipinski definition) is 5. The molecular formula is C22H29IN6O2. The molecule has 0 aliphatic carbocycles. The number of aryl methyl sites for hydroxylation is 1. The monoisotopic (exact) mass is 536 g/mol. The number of methoxy groups -OCH3 is 2. The zero-order valence-corrected chi connectivity index (χ0v) is 20.6. The van der Waals surface area contributed by atoms with Gasteiger partial charge >= 0.3 is 0 Å². The third-order valence-corrected chi connectivity index (χ3v) is 4.77. The molecule has 0 saturated carbocycles. The van der Waals surface area contributed by atoms with Crippen LogP contribution >= 0.6 is 24.0 Å². The van der Waals surface area contributed by atoms with Gasteiger partial charge in [-0.2, -0.15) is 0 Å². The fraction of sp³-hybridized carbons (Fsp3) is 0.318. The number of benzene rings is 2. The van der Waals surface area contributed by atoms with E-state index in [1.165, 1.54) is 0 Å². The fourth-order valence-electron chi connectivity index (χ4n) is 2.81. The van der Waals surface area contributed by atoms with Gasteiger partial charge in [0, 0.05) is 13.6 Å². The molecule has 0 radical (unpaired) electrons. The first-order valence-electron chi connectivity index (χ1n) is 9.72. The average molecular weight is 536 g/mol. The Kier molecular flexibility index (Phi) is 9.57. The van der Waals surface area contributed by atoms with Gasteiger partial charge in [0.2, 0.25) is 0 Å². The standard InChI is InChI=1S/C22H28N6O2.HI/c1-16-26-27-21(28(16)2)15-25-22(23-13-17-8-10-19(29-3)11-9-17)24-14-18-6-5-7-20(12-18)30-4;/h5-12H,13-15H2,1-4H3,(H2,23,24,25);1H. The van der Waals surface area contributed by atoms with Gasteiger partial charge < -0.3 is 24.7 Å². The van der Waals surface area contributed by atoms with E-state index >= 15 is 0 Å². The van der Waals surface area contributed by atoms with Gasteiger partial charge in [-0.05, 0) is 42.3 Å². The SMILES string of the molecule is COc1ccc(CNC(=NCc2cccc(OC)c2)NCc2nnc(C)n2C)cc1.I. The summed E-state index contributed by atoms with van der Waals surface area (Å²) in [5.41, 5.74) is 2.19. The number of aliphatic imine (C=N–C) groups is 1. The van der Waals surface area contributed by atoms with E-state index in [0.29, 0.717) is 25.6 Å². The summed E-state index contributed by atoms with van der Waals surface area (Å²) in [5.74, 6) is 4.05. The molecule has 0 fully saturated rings. The predicted octanol–water partition coefficient (Wildman–Crippen LogP) is 3.19. The minimum absolute atomic E-state index is 0. The van der Waals surface area contributed by atoms with E-state index in [1.54, 1.807) is 14.2 Å². The molecule has 3 rings (SSSR count). The van der Waals surface area contributed by atoms with Crippen molar-refractivity contribution in [3.63, 3.8) is 0 Å². The number of nitrogens with one attached hydrogen (secondary N) is 2. The third-order valence-electron chi connectivity index (χ3n) is 4.77. The highest BCUT2D eigenvalue weighted by molar-refractivity contribution is 14.0. The van der Waals surface area contributed by atoms with Gasteiger partial charge in [-0.25, -0.2) is 4.99 Å². The van der Waals surface area contributed by atoms with Crippen molar-refractivity contribution in [2.24, 2.45) is 12.0 Å². The van der Waals surface area contributed by atoms with Crippen LogP contribution in [0.25, 0.3) is 0 Å². The number of hydrogen-bond donors (Lipinski definition) is 2. The Balaban J connectivity index is 0.00000341. The van der Waals surface area contributed by atoms with Crippen LogP contribution in [0.1, 0.15) is 22.8 Å². The Morgan fingerprint density at radius 3 is 2.29 bits per heavy atom. The lowest BCUT2D eigenvalue weighted by molar-refractivity contribution is 0.414. The molecule has 3 aromatic rings. The Morgan fingerprint density at radius 2 is 1.65 bits per heavy atom. The molecule has 2 aromatic carbocycles. The second kappa shape index (κ2) is 12.1. The van der Waals surface area contributed by atoms with E-state index in [0.717, 1.165) is 34.3 Å². The van der Waals surface area contributed by atoms with Crippen molar-refractivity contribution in [1.82, 2.24) is 25.4 Å². The molecule has 0 unspecified atom stereocenters. The van der Waals surface area contributed by atoms with Crippen molar-refractivity contribution in [2.75, 3.05) is 14.2 Å². The minimum Gasteiger partial charge on any atom is -0.497 e. The highest BCUT2D eigenvalue weighted by Gasteiger charge is 2.07. The van der Waals surface area contributed by atoms with Crippen LogP contribution in [0.4, 0.5) is 0 Å². The van der Waals surface area contributed by atoms with E-state index < -0.39 is 0 Å². The maximum absolute atomic E-state index is 5.30. The molecule has 0 aliphatic heterocycles. The summed E-state index contributed by atoms with van der Waals surface area (Å²) < 4.78 is 12.5. The molecule has 1 heterocycles. The molecule has 2 N–H and O–H groups in total. The summed E-state index contributed by atoms with van der Waals surface area (Å²) in [6.45, 7) is 3.60. The van der Waals surface area contributed by atoms with Gasteiger partial charge in [-0.3, -0.25) is 0 Å². The van der Waals surface area contributed by atoms with Crippen LogP contribution in [-0.2, 0) is 26.7 Å². The van der Waals surface area contributed by atoms with Crippen LogP contribution in [0.2, 0.25) is 0 Å². The van der Waals surface area contributed by atoms with Gasteiger partial charge in [-0.1, -0.05) is 24.3 Å². The maximum Gasteiger partial charge on any atom is 0.192 e. The van der Waals surface area contributed by atoms with Gasteiger partial charge in [0.05, 0.1) is 27.3 Å². The summed E-state index contributed by atoms with van der Waals surface area (Å²) in [6.07, 6.45) is 0. The number of halogens is 1. The molecule has 0 aliphatic rings. The number of rotatable bonds is 8. The Morgan fingerprint density at radius 1 is 0.935 bits per heavy atom. The first-order chi connectivity index (χ1) is 14.6. The van der Waals surface area contributed by atoms with E-state index in [4.69, 9.17) is 14.5 Å². The lowest BCUT2D eigenvalue weighted by atomic mass is 10.2. The van der Waals surface area contributed by atoms with Crippen LogP contribution in [0, 0.1) is 6.92 Å². The van der Waals surface area contributed by atoms with Crippen LogP contribution in [0.3, 0.4) is 0 Å². The van der Waals surface area contributed by atoms with Gasteiger partial charge in [0.25, 0.3) is 0 Å². The number of ether oxygens (including phenoxy) is 2. The van der Waals surface area contributed by atoms with Crippen molar-refractivity contribution in [1.29, 1.82) is 0 Å². The molecule has 0 amide bonds. The molecule has 1 aromatic heterocycles. The lowest BCUT2D eigenvalue weighted by Crippen LogP contribution is -2.37.